The van der Waals surface area contributed by atoms with Gasteiger partial charge in [-0.1, -0.05) is 42.5 Å². The Bertz CT molecular complexity index is 1130. The summed E-state index contributed by atoms with van der Waals surface area (Å²) in [6.07, 6.45) is 3.30. The van der Waals surface area contributed by atoms with Crippen LogP contribution in [0.1, 0.15) is 16.5 Å². The quantitative estimate of drug-likeness (QED) is 0.533. The van der Waals surface area contributed by atoms with Crippen LogP contribution in [0, 0.1) is 0 Å². The molecule has 1 atom stereocenters. The average Bonchev–Trinajstić information content (AvgIpc) is 3.20. The second kappa shape index (κ2) is 9.75. The van der Waals surface area contributed by atoms with Crippen LogP contribution in [0.4, 0.5) is 17.1 Å². The van der Waals surface area contributed by atoms with Gasteiger partial charge < -0.3 is 10.2 Å². The van der Waals surface area contributed by atoms with Crippen LogP contribution in [0.15, 0.2) is 84.9 Å². The number of rotatable bonds is 6. The number of anilines is 3. The van der Waals surface area contributed by atoms with Crippen molar-refractivity contribution in [3.63, 3.8) is 0 Å². The molecule has 1 N–H and O–H groups in total. The zero-order valence-electron chi connectivity index (χ0n) is 18.1. The van der Waals surface area contributed by atoms with Gasteiger partial charge in [-0.15, -0.1) is 11.8 Å². The van der Waals surface area contributed by atoms with Gasteiger partial charge in [0.05, 0.1) is 5.75 Å². The molecule has 32 heavy (non-hydrogen) atoms. The summed E-state index contributed by atoms with van der Waals surface area (Å²) in [7, 11) is 3.98. The third kappa shape index (κ3) is 5.03. The molecule has 1 fully saturated rings. The molecule has 1 unspecified atom stereocenters. The predicted molar refractivity (Wildman–Crippen MR) is 134 cm³/mol. The summed E-state index contributed by atoms with van der Waals surface area (Å²) in [5.74, 6) is 0.311. The van der Waals surface area contributed by atoms with E-state index in [0.29, 0.717) is 11.4 Å². The number of amides is 2. The maximum atomic E-state index is 12.7. The van der Waals surface area contributed by atoms with E-state index in [0.717, 1.165) is 22.5 Å². The summed E-state index contributed by atoms with van der Waals surface area (Å²) >= 11 is 1.59. The van der Waals surface area contributed by atoms with Gasteiger partial charge in [0.15, 0.2) is 0 Å². The van der Waals surface area contributed by atoms with Crippen molar-refractivity contribution >= 4 is 46.7 Å². The topological polar surface area (TPSA) is 52.6 Å². The molecule has 0 saturated carbocycles. The van der Waals surface area contributed by atoms with Crippen molar-refractivity contribution in [1.29, 1.82) is 0 Å². The summed E-state index contributed by atoms with van der Waals surface area (Å²) in [6.45, 7) is 0. The highest BCUT2D eigenvalue weighted by molar-refractivity contribution is 8.00. The third-order valence-electron chi connectivity index (χ3n) is 5.18. The maximum Gasteiger partial charge on any atom is 0.248 e. The van der Waals surface area contributed by atoms with Crippen LogP contribution in [0.3, 0.4) is 0 Å². The van der Waals surface area contributed by atoms with Crippen molar-refractivity contribution in [3.05, 3.63) is 96.1 Å². The Hall–Kier alpha value is -3.51. The second-order valence-corrected chi connectivity index (χ2v) is 8.77. The zero-order valence-corrected chi connectivity index (χ0v) is 18.9. The van der Waals surface area contributed by atoms with E-state index in [-0.39, 0.29) is 17.2 Å². The minimum atomic E-state index is -0.197. The van der Waals surface area contributed by atoms with Crippen LogP contribution in [-0.4, -0.2) is 31.7 Å². The van der Waals surface area contributed by atoms with Crippen LogP contribution in [-0.2, 0) is 9.59 Å². The van der Waals surface area contributed by atoms with E-state index < -0.39 is 0 Å². The first kappa shape index (κ1) is 21.7. The molecule has 0 bridgehead atoms. The summed E-state index contributed by atoms with van der Waals surface area (Å²) in [6, 6.07) is 25.4. The Kier molecular flexibility index (Phi) is 6.61. The first-order valence-electron chi connectivity index (χ1n) is 10.4. The molecule has 1 heterocycles. The lowest BCUT2D eigenvalue weighted by atomic mass is 10.1. The van der Waals surface area contributed by atoms with E-state index in [2.05, 4.69) is 5.32 Å². The summed E-state index contributed by atoms with van der Waals surface area (Å²) in [4.78, 5) is 28.9. The molecule has 5 nitrogen and oxygen atoms in total. The minimum Gasteiger partial charge on any atom is -0.378 e. The number of thioether (sulfide) groups is 1. The normalized spacial score (nSPS) is 15.9. The van der Waals surface area contributed by atoms with Gasteiger partial charge in [0, 0.05) is 37.2 Å². The van der Waals surface area contributed by atoms with E-state index in [1.165, 1.54) is 6.08 Å². The first-order chi connectivity index (χ1) is 15.5. The maximum absolute atomic E-state index is 12.7. The van der Waals surface area contributed by atoms with Gasteiger partial charge >= 0.3 is 0 Å². The average molecular weight is 444 g/mol. The van der Waals surface area contributed by atoms with Crippen LogP contribution in [0.5, 0.6) is 0 Å². The van der Waals surface area contributed by atoms with Crippen LogP contribution < -0.4 is 15.1 Å². The van der Waals surface area contributed by atoms with Crippen LogP contribution in [0.25, 0.3) is 6.08 Å². The highest BCUT2D eigenvalue weighted by atomic mass is 32.2. The molecule has 1 aliphatic rings. The SMILES string of the molecule is CN(C)c1ccc(N2C(=O)CSC2c2cccc(NC(=O)/C=C/c3ccccc3)c2)cc1. The number of nitrogens with one attached hydrogen (secondary N) is 1. The molecule has 4 rings (SSSR count). The van der Waals surface area contributed by atoms with E-state index in [4.69, 9.17) is 0 Å². The molecular formula is C26H25N3O2S. The predicted octanol–water partition coefficient (Wildman–Crippen LogP) is 5.18. The Morgan fingerprint density at radius 1 is 1.03 bits per heavy atom. The Morgan fingerprint density at radius 2 is 1.78 bits per heavy atom. The van der Waals surface area contributed by atoms with Gasteiger partial charge in [0.2, 0.25) is 11.8 Å². The number of nitrogens with zero attached hydrogens (tertiary/aromatic N) is 2. The van der Waals surface area contributed by atoms with Crippen molar-refractivity contribution in [1.82, 2.24) is 0 Å². The number of hydrogen-bond donors (Lipinski definition) is 1. The Balaban J connectivity index is 1.50. The molecule has 0 radical (unpaired) electrons. The number of hydrogen-bond acceptors (Lipinski definition) is 4. The molecule has 0 aliphatic carbocycles. The van der Waals surface area contributed by atoms with Crippen LogP contribution >= 0.6 is 11.8 Å². The molecule has 0 spiro atoms. The third-order valence-corrected chi connectivity index (χ3v) is 6.39. The molecule has 1 aliphatic heterocycles. The van der Waals surface area contributed by atoms with Crippen molar-refractivity contribution in [3.8, 4) is 0 Å². The monoisotopic (exact) mass is 443 g/mol. The molecular weight excluding hydrogens is 418 g/mol. The lowest BCUT2D eigenvalue weighted by Crippen LogP contribution is -2.27. The van der Waals surface area contributed by atoms with E-state index in [1.807, 2.05) is 103 Å². The van der Waals surface area contributed by atoms with Gasteiger partial charge in [0.1, 0.15) is 5.37 Å². The lowest BCUT2D eigenvalue weighted by molar-refractivity contribution is -0.116. The largest absolute Gasteiger partial charge is 0.378 e. The Morgan fingerprint density at radius 3 is 2.50 bits per heavy atom. The fraction of sp³-hybridized carbons (Fsp3) is 0.154. The fourth-order valence-corrected chi connectivity index (χ4v) is 4.72. The fourth-order valence-electron chi connectivity index (χ4n) is 3.55. The van der Waals surface area contributed by atoms with Crippen molar-refractivity contribution in [2.24, 2.45) is 0 Å². The lowest BCUT2D eigenvalue weighted by Gasteiger charge is -2.25. The van der Waals surface area contributed by atoms with Gasteiger partial charge in [-0.2, -0.15) is 0 Å². The van der Waals surface area contributed by atoms with Crippen molar-refractivity contribution in [2.75, 3.05) is 35.0 Å². The first-order valence-corrected chi connectivity index (χ1v) is 11.4. The van der Waals surface area contributed by atoms with Gasteiger partial charge in [-0.05, 0) is 53.6 Å². The molecule has 0 aromatic heterocycles. The number of benzene rings is 3. The zero-order chi connectivity index (χ0) is 22.5. The molecule has 3 aromatic carbocycles. The second-order valence-electron chi connectivity index (χ2n) is 7.70. The smallest absolute Gasteiger partial charge is 0.248 e. The molecule has 6 heteroatoms. The van der Waals surface area contributed by atoms with Crippen molar-refractivity contribution in [2.45, 2.75) is 5.37 Å². The number of carbonyl (C=O) groups is 2. The Labute approximate surface area is 192 Å². The van der Waals surface area contributed by atoms with E-state index >= 15 is 0 Å². The summed E-state index contributed by atoms with van der Waals surface area (Å²) < 4.78 is 0. The van der Waals surface area contributed by atoms with Crippen molar-refractivity contribution < 1.29 is 9.59 Å². The molecule has 2 amide bonds. The van der Waals surface area contributed by atoms with E-state index in [9.17, 15) is 9.59 Å². The number of carbonyl (C=O) groups excluding carboxylic acids is 2. The van der Waals surface area contributed by atoms with Crippen LogP contribution in [0.2, 0.25) is 0 Å². The van der Waals surface area contributed by atoms with Gasteiger partial charge in [0.25, 0.3) is 0 Å². The molecule has 162 valence electrons. The van der Waals surface area contributed by atoms with Gasteiger partial charge in [-0.3, -0.25) is 14.5 Å². The van der Waals surface area contributed by atoms with E-state index in [1.54, 1.807) is 17.8 Å². The highest BCUT2D eigenvalue weighted by Gasteiger charge is 2.34. The summed E-state index contributed by atoms with van der Waals surface area (Å²) in [5.41, 5.74) is 4.59. The minimum absolute atomic E-state index is 0.0813. The summed E-state index contributed by atoms with van der Waals surface area (Å²) in [5, 5.41) is 2.78. The molecule has 3 aromatic rings. The standard InChI is InChI=1S/C26H25N3O2S/c1-28(2)22-12-14-23(15-13-22)29-25(31)18-32-26(29)20-9-6-10-21(17-20)27-24(30)16-11-19-7-4-3-5-8-19/h3-17,26H,18H2,1-2H3,(H,27,30)/b16-11+. The van der Waals surface area contributed by atoms with Gasteiger partial charge in [-0.25, -0.2) is 0 Å². The highest BCUT2D eigenvalue weighted by Crippen LogP contribution is 2.42. The molecule has 1 saturated heterocycles.